The van der Waals surface area contributed by atoms with E-state index < -0.39 is 0 Å². The van der Waals surface area contributed by atoms with Gasteiger partial charge in [-0.15, -0.1) is 12.4 Å². The first-order chi connectivity index (χ1) is 13.7. The van der Waals surface area contributed by atoms with E-state index in [0.717, 1.165) is 38.3 Å². The van der Waals surface area contributed by atoms with Gasteiger partial charge in [0.2, 0.25) is 0 Å². The average Bonchev–Trinajstić information content (AvgIpc) is 3.24. The van der Waals surface area contributed by atoms with Crippen molar-refractivity contribution in [1.29, 1.82) is 0 Å². The molecule has 1 saturated heterocycles. The molecule has 5 heteroatoms. The predicted octanol–water partition coefficient (Wildman–Crippen LogP) is 5.16. The van der Waals surface area contributed by atoms with E-state index in [1.807, 2.05) is 24.3 Å². The molecule has 2 aromatic rings. The summed E-state index contributed by atoms with van der Waals surface area (Å²) in [6.45, 7) is 7.78. The maximum atomic E-state index is 12.7. The lowest BCUT2D eigenvalue weighted by Crippen LogP contribution is -2.36. The Morgan fingerprint density at radius 2 is 1.72 bits per heavy atom. The van der Waals surface area contributed by atoms with Crippen LogP contribution in [0.15, 0.2) is 48.5 Å². The second-order valence-corrected chi connectivity index (χ2v) is 7.61. The summed E-state index contributed by atoms with van der Waals surface area (Å²) in [5.74, 6) is 0.788. The molecule has 0 aromatic heterocycles. The third-order valence-electron chi connectivity index (χ3n) is 5.38. The number of likely N-dealkylation sites (tertiary alicyclic amines) is 1. The first kappa shape index (κ1) is 23.2. The van der Waals surface area contributed by atoms with Crippen LogP contribution in [0.25, 0.3) is 0 Å². The Labute approximate surface area is 181 Å². The highest BCUT2D eigenvalue weighted by molar-refractivity contribution is 5.94. The zero-order chi connectivity index (χ0) is 19.8. The standard InChI is InChI=1S/C24H32N2O2.ClH/c1-3-4-17-28-22-13-11-21(12-14-22)24(27)25-18-23(26-15-5-6-16-26)20-9-7-19(2)8-10-20;/h7-14,23H,3-6,15-18H2,1-2H3,(H,25,27);1H. The van der Waals surface area contributed by atoms with Gasteiger partial charge in [-0.3, -0.25) is 9.69 Å². The quantitative estimate of drug-likeness (QED) is 0.574. The third-order valence-corrected chi connectivity index (χ3v) is 5.38. The Bertz CT molecular complexity index is 740. The summed E-state index contributed by atoms with van der Waals surface area (Å²) >= 11 is 0. The smallest absolute Gasteiger partial charge is 0.251 e. The van der Waals surface area contributed by atoms with Crippen molar-refractivity contribution in [2.24, 2.45) is 0 Å². The van der Waals surface area contributed by atoms with Crippen LogP contribution in [0.1, 0.15) is 60.1 Å². The average molecular weight is 417 g/mol. The molecule has 0 radical (unpaired) electrons. The molecule has 1 amide bonds. The monoisotopic (exact) mass is 416 g/mol. The first-order valence-electron chi connectivity index (χ1n) is 10.5. The number of halogens is 1. The number of carbonyl (C=O) groups excluding carboxylic acids is 1. The lowest BCUT2D eigenvalue weighted by atomic mass is 10.0. The van der Waals surface area contributed by atoms with Crippen LogP contribution in [0.4, 0.5) is 0 Å². The van der Waals surface area contributed by atoms with Crippen molar-refractivity contribution >= 4 is 18.3 Å². The van der Waals surface area contributed by atoms with Crippen LogP contribution >= 0.6 is 12.4 Å². The fraction of sp³-hybridized carbons (Fsp3) is 0.458. The lowest BCUT2D eigenvalue weighted by molar-refractivity contribution is 0.0938. The summed E-state index contributed by atoms with van der Waals surface area (Å²) in [5, 5.41) is 3.14. The van der Waals surface area contributed by atoms with E-state index in [4.69, 9.17) is 4.74 Å². The van der Waals surface area contributed by atoms with Gasteiger partial charge in [0.15, 0.2) is 0 Å². The molecule has 29 heavy (non-hydrogen) atoms. The molecule has 0 saturated carbocycles. The van der Waals surface area contributed by atoms with Crippen LogP contribution in [-0.4, -0.2) is 37.0 Å². The van der Waals surface area contributed by atoms with Crippen LogP contribution in [0.3, 0.4) is 0 Å². The van der Waals surface area contributed by atoms with Gasteiger partial charge in [0.25, 0.3) is 5.91 Å². The number of carbonyl (C=O) groups is 1. The number of nitrogens with one attached hydrogen (secondary N) is 1. The molecule has 0 spiro atoms. The predicted molar refractivity (Wildman–Crippen MR) is 121 cm³/mol. The van der Waals surface area contributed by atoms with Gasteiger partial charge in [0.05, 0.1) is 12.6 Å². The SMILES string of the molecule is CCCCOc1ccc(C(=O)NCC(c2ccc(C)cc2)N2CCCC2)cc1.Cl. The number of amides is 1. The molecule has 1 fully saturated rings. The van der Waals surface area contributed by atoms with E-state index in [2.05, 4.69) is 48.3 Å². The Hall–Kier alpha value is -2.04. The molecule has 0 aliphatic carbocycles. The largest absolute Gasteiger partial charge is 0.494 e. The molecule has 1 N–H and O–H groups in total. The molecular formula is C24H33ClN2O2. The third kappa shape index (κ3) is 6.76. The van der Waals surface area contributed by atoms with Gasteiger partial charge in [-0.2, -0.15) is 0 Å². The number of ether oxygens (including phenoxy) is 1. The van der Waals surface area contributed by atoms with Crippen molar-refractivity contribution in [3.05, 3.63) is 65.2 Å². The molecule has 158 valence electrons. The van der Waals surface area contributed by atoms with E-state index in [9.17, 15) is 4.79 Å². The van der Waals surface area contributed by atoms with Crippen LogP contribution in [-0.2, 0) is 0 Å². The van der Waals surface area contributed by atoms with Crippen molar-refractivity contribution in [2.75, 3.05) is 26.2 Å². The van der Waals surface area contributed by atoms with Gasteiger partial charge in [-0.25, -0.2) is 0 Å². The van der Waals surface area contributed by atoms with Crippen LogP contribution in [0.5, 0.6) is 5.75 Å². The summed E-state index contributed by atoms with van der Waals surface area (Å²) in [7, 11) is 0. The number of unbranched alkanes of at least 4 members (excludes halogenated alkanes) is 1. The first-order valence-corrected chi connectivity index (χ1v) is 10.5. The minimum Gasteiger partial charge on any atom is -0.494 e. The summed E-state index contributed by atoms with van der Waals surface area (Å²) < 4.78 is 5.68. The fourth-order valence-corrected chi connectivity index (χ4v) is 3.63. The number of aryl methyl sites for hydroxylation is 1. The summed E-state index contributed by atoms with van der Waals surface area (Å²) in [4.78, 5) is 15.1. The van der Waals surface area contributed by atoms with Gasteiger partial charge in [-0.05, 0) is 69.1 Å². The van der Waals surface area contributed by atoms with Gasteiger partial charge in [-0.1, -0.05) is 43.2 Å². The highest BCUT2D eigenvalue weighted by Crippen LogP contribution is 2.25. The molecule has 1 aliphatic rings. The number of nitrogens with zero attached hydrogens (tertiary/aromatic N) is 1. The summed E-state index contributed by atoms with van der Waals surface area (Å²) in [6, 6.07) is 16.3. The van der Waals surface area contributed by atoms with Crippen molar-refractivity contribution in [3.63, 3.8) is 0 Å². The second kappa shape index (κ2) is 11.8. The highest BCUT2D eigenvalue weighted by atomic mass is 35.5. The zero-order valence-electron chi connectivity index (χ0n) is 17.5. The molecule has 3 rings (SSSR count). The topological polar surface area (TPSA) is 41.6 Å². The van der Waals surface area contributed by atoms with Gasteiger partial charge in [0.1, 0.15) is 5.75 Å². The molecule has 4 nitrogen and oxygen atoms in total. The normalized spacial score (nSPS) is 14.8. The Morgan fingerprint density at radius 1 is 1.07 bits per heavy atom. The fourth-order valence-electron chi connectivity index (χ4n) is 3.63. The van der Waals surface area contributed by atoms with Gasteiger partial charge >= 0.3 is 0 Å². The van der Waals surface area contributed by atoms with E-state index in [1.54, 1.807) is 0 Å². The maximum Gasteiger partial charge on any atom is 0.251 e. The van der Waals surface area contributed by atoms with Gasteiger partial charge < -0.3 is 10.1 Å². The number of hydrogen-bond donors (Lipinski definition) is 1. The minimum atomic E-state index is -0.0311. The van der Waals surface area contributed by atoms with Crippen LogP contribution in [0.2, 0.25) is 0 Å². The van der Waals surface area contributed by atoms with E-state index in [0.29, 0.717) is 12.1 Å². The molecule has 1 atom stereocenters. The Morgan fingerprint density at radius 3 is 2.34 bits per heavy atom. The van der Waals surface area contributed by atoms with Crippen molar-refractivity contribution in [3.8, 4) is 5.75 Å². The molecule has 0 bridgehead atoms. The number of hydrogen-bond acceptors (Lipinski definition) is 3. The van der Waals surface area contributed by atoms with Crippen molar-refractivity contribution in [1.82, 2.24) is 10.2 Å². The van der Waals surface area contributed by atoms with E-state index >= 15 is 0 Å². The molecule has 2 aromatic carbocycles. The second-order valence-electron chi connectivity index (χ2n) is 7.61. The Kier molecular flexibility index (Phi) is 9.49. The van der Waals surface area contributed by atoms with Crippen molar-refractivity contribution < 1.29 is 9.53 Å². The van der Waals surface area contributed by atoms with E-state index in [1.165, 1.54) is 24.0 Å². The Balaban J connectivity index is 0.00000300. The highest BCUT2D eigenvalue weighted by Gasteiger charge is 2.24. The molecule has 1 aliphatic heterocycles. The zero-order valence-corrected chi connectivity index (χ0v) is 18.3. The molecular weight excluding hydrogens is 384 g/mol. The summed E-state index contributed by atoms with van der Waals surface area (Å²) in [5.41, 5.74) is 3.20. The number of benzene rings is 2. The molecule has 1 heterocycles. The van der Waals surface area contributed by atoms with Crippen LogP contribution < -0.4 is 10.1 Å². The summed E-state index contributed by atoms with van der Waals surface area (Å²) in [6.07, 6.45) is 4.62. The lowest BCUT2D eigenvalue weighted by Gasteiger charge is -2.28. The van der Waals surface area contributed by atoms with Gasteiger partial charge in [0, 0.05) is 12.1 Å². The molecule has 1 unspecified atom stereocenters. The van der Waals surface area contributed by atoms with Crippen LogP contribution in [0, 0.1) is 6.92 Å². The maximum absolute atomic E-state index is 12.7. The number of rotatable bonds is 9. The minimum absolute atomic E-state index is 0. The van der Waals surface area contributed by atoms with E-state index in [-0.39, 0.29) is 24.4 Å². The van der Waals surface area contributed by atoms with Crippen molar-refractivity contribution in [2.45, 2.75) is 45.6 Å².